The van der Waals surface area contributed by atoms with E-state index in [9.17, 15) is 4.79 Å². The molecule has 1 amide bonds. The number of methoxy groups -OCH3 is 2. The van der Waals surface area contributed by atoms with Crippen LogP contribution in [-0.4, -0.2) is 31.6 Å². The molecule has 124 valence electrons. The highest BCUT2D eigenvalue weighted by Gasteiger charge is 2.27. The van der Waals surface area contributed by atoms with Crippen LogP contribution in [0.4, 0.5) is 0 Å². The van der Waals surface area contributed by atoms with Crippen LogP contribution in [0.3, 0.4) is 0 Å². The Kier molecular flexibility index (Phi) is 4.56. The van der Waals surface area contributed by atoms with Crippen LogP contribution in [-0.2, 0) is 6.42 Å². The number of amides is 1. The van der Waals surface area contributed by atoms with Gasteiger partial charge >= 0.3 is 0 Å². The lowest BCUT2D eigenvalue weighted by molar-refractivity contribution is 0.0833. The third-order valence-corrected chi connectivity index (χ3v) is 4.32. The third-order valence-electron chi connectivity index (χ3n) is 4.32. The van der Waals surface area contributed by atoms with Crippen molar-refractivity contribution < 1.29 is 14.3 Å². The van der Waals surface area contributed by atoms with Crippen LogP contribution < -0.4 is 9.47 Å². The maximum Gasteiger partial charge on any atom is 0.258 e. The molecule has 0 saturated carbocycles. The van der Waals surface area contributed by atoms with E-state index in [0.29, 0.717) is 17.9 Å². The minimum Gasteiger partial charge on any atom is -0.493 e. The summed E-state index contributed by atoms with van der Waals surface area (Å²) in [5.74, 6) is 1.41. The van der Waals surface area contributed by atoms with Gasteiger partial charge in [0.2, 0.25) is 0 Å². The highest BCUT2D eigenvalue weighted by molar-refractivity contribution is 6.00. The summed E-state index contributed by atoms with van der Waals surface area (Å²) in [7, 11) is 3.25. The lowest BCUT2D eigenvalue weighted by Gasteiger charge is -2.32. The van der Waals surface area contributed by atoms with Gasteiger partial charge in [-0.3, -0.25) is 4.79 Å². The van der Waals surface area contributed by atoms with Gasteiger partial charge in [-0.05, 0) is 43.2 Å². The molecule has 3 rings (SSSR count). The van der Waals surface area contributed by atoms with Crippen LogP contribution in [0.25, 0.3) is 5.70 Å². The molecule has 0 N–H and O–H groups in total. The Morgan fingerprint density at radius 1 is 1.08 bits per heavy atom. The topological polar surface area (TPSA) is 38.8 Å². The van der Waals surface area contributed by atoms with E-state index >= 15 is 0 Å². The van der Waals surface area contributed by atoms with E-state index in [-0.39, 0.29) is 5.91 Å². The SMILES string of the molecule is CC=C1c2cc(OC)c(OC)cc2CCN1C(=O)c1ccccc1. The van der Waals surface area contributed by atoms with Crippen LogP contribution in [0, 0.1) is 0 Å². The van der Waals surface area contributed by atoms with Crippen molar-refractivity contribution in [2.45, 2.75) is 13.3 Å². The van der Waals surface area contributed by atoms with Crippen LogP contribution in [0.15, 0.2) is 48.5 Å². The minimum absolute atomic E-state index is 0.0177. The van der Waals surface area contributed by atoms with E-state index in [1.54, 1.807) is 14.2 Å². The van der Waals surface area contributed by atoms with E-state index in [4.69, 9.17) is 9.47 Å². The zero-order valence-corrected chi connectivity index (χ0v) is 14.2. The van der Waals surface area contributed by atoms with Crippen molar-refractivity contribution in [1.82, 2.24) is 4.90 Å². The highest BCUT2D eigenvalue weighted by Crippen LogP contribution is 2.38. The number of ether oxygens (including phenoxy) is 2. The quantitative estimate of drug-likeness (QED) is 0.863. The Labute approximate surface area is 142 Å². The van der Waals surface area contributed by atoms with Gasteiger partial charge in [0, 0.05) is 23.4 Å². The summed E-state index contributed by atoms with van der Waals surface area (Å²) in [5.41, 5.74) is 3.79. The van der Waals surface area contributed by atoms with E-state index in [1.165, 1.54) is 0 Å². The molecule has 0 atom stereocenters. The molecule has 1 aliphatic heterocycles. The number of hydrogen-bond donors (Lipinski definition) is 0. The highest BCUT2D eigenvalue weighted by atomic mass is 16.5. The number of nitrogens with zero attached hydrogens (tertiary/aromatic N) is 1. The van der Waals surface area contributed by atoms with Crippen LogP contribution in [0.5, 0.6) is 11.5 Å². The molecular weight excluding hydrogens is 302 g/mol. The average molecular weight is 323 g/mol. The predicted molar refractivity (Wildman–Crippen MR) is 94.4 cm³/mol. The van der Waals surface area contributed by atoms with Gasteiger partial charge in [0.25, 0.3) is 5.91 Å². The van der Waals surface area contributed by atoms with Gasteiger partial charge in [-0.25, -0.2) is 0 Å². The van der Waals surface area contributed by atoms with E-state index in [0.717, 1.165) is 29.0 Å². The first-order chi connectivity index (χ1) is 11.7. The van der Waals surface area contributed by atoms with Gasteiger partial charge in [-0.2, -0.15) is 0 Å². The first-order valence-electron chi connectivity index (χ1n) is 7.98. The molecule has 0 fully saturated rings. The predicted octanol–water partition coefficient (Wildman–Crippen LogP) is 3.76. The molecule has 24 heavy (non-hydrogen) atoms. The van der Waals surface area contributed by atoms with E-state index < -0.39 is 0 Å². The number of benzene rings is 2. The van der Waals surface area contributed by atoms with Gasteiger partial charge in [-0.15, -0.1) is 0 Å². The fourth-order valence-corrected chi connectivity index (χ4v) is 3.12. The van der Waals surface area contributed by atoms with Crippen molar-refractivity contribution >= 4 is 11.6 Å². The van der Waals surface area contributed by atoms with Crippen molar-refractivity contribution in [3.8, 4) is 11.5 Å². The summed E-state index contributed by atoms with van der Waals surface area (Å²) in [6, 6.07) is 13.3. The Hall–Kier alpha value is -2.75. The summed E-state index contributed by atoms with van der Waals surface area (Å²) in [4.78, 5) is 14.7. The maximum atomic E-state index is 12.9. The van der Waals surface area contributed by atoms with Crippen LogP contribution in [0.2, 0.25) is 0 Å². The number of carbonyl (C=O) groups is 1. The van der Waals surface area contributed by atoms with Crippen LogP contribution in [0.1, 0.15) is 28.4 Å². The molecular formula is C20H21NO3. The molecule has 0 bridgehead atoms. The Morgan fingerprint density at radius 3 is 2.38 bits per heavy atom. The summed E-state index contributed by atoms with van der Waals surface area (Å²) in [6.45, 7) is 2.60. The second-order valence-corrected chi connectivity index (χ2v) is 5.61. The van der Waals surface area contributed by atoms with Gasteiger partial charge in [0.05, 0.1) is 14.2 Å². The molecule has 1 aliphatic rings. The Bertz CT molecular complexity index is 781. The summed E-state index contributed by atoms with van der Waals surface area (Å²) in [5, 5.41) is 0. The molecule has 4 heteroatoms. The lowest BCUT2D eigenvalue weighted by Crippen LogP contribution is -2.35. The molecule has 2 aromatic carbocycles. The van der Waals surface area contributed by atoms with Gasteiger partial charge in [-0.1, -0.05) is 24.3 Å². The van der Waals surface area contributed by atoms with Gasteiger partial charge < -0.3 is 14.4 Å². The second-order valence-electron chi connectivity index (χ2n) is 5.61. The Balaban J connectivity index is 2.02. The average Bonchev–Trinajstić information content (AvgIpc) is 2.65. The normalized spacial score (nSPS) is 15.1. The molecule has 0 aromatic heterocycles. The first-order valence-corrected chi connectivity index (χ1v) is 7.98. The van der Waals surface area contributed by atoms with Gasteiger partial charge in [0.15, 0.2) is 11.5 Å². The van der Waals surface area contributed by atoms with Crippen molar-refractivity contribution in [2.75, 3.05) is 20.8 Å². The molecule has 2 aromatic rings. The third kappa shape index (κ3) is 2.75. The lowest BCUT2D eigenvalue weighted by atomic mass is 9.94. The Morgan fingerprint density at radius 2 is 1.75 bits per heavy atom. The number of rotatable bonds is 3. The smallest absolute Gasteiger partial charge is 0.258 e. The van der Waals surface area contributed by atoms with Crippen LogP contribution >= 0.6 is 0 Å². The molecule has 4 nitrogen and oxygen atoms in total. The van der Waals surface area contributed by atoms with Crippen molar-refractivity contribution in [1.29, 1.82) is 0 Å². The minimum atomic E-state index is 0.0177. The van der Waals surface area contributed by atoms with E-state index in [2.05, 4.69) is 0 Å². The van der Waals surface area contributed by atoms with Gasteiger partial charge in [0.1, 0.15) is 0 Å². The first kappa shape index (κ1) is 16.1. The zero-order chi connectivity index (χ0) is 17.1. The number of fused-ring (bicyclic) bond motifs is 1. The number of carbonyl (C=O) groups excluding carboxylic acids is 1. The summed E-state index contributed by atoms with van der Waals surface area (Å²) in [6.07, 6.45) is 2.76. The fraction of sp³-hybridized carbons (Fsp3) is 0.250. The second kappa shape index (κ2) is 6.79. The molecule has 0 saturated heterocycles. The zero-order valence-electron chi connectivity index (χ0n) is 14.2. The monoisotopic (exact) mass is 323 g/mol. The molecule has 0 aliphatic carbocycles. The summed E-state index contributed by atoms with van der Waals surface area (Å²) >= 11 is 0. The largest absolute Gasteiger partial charge is 0.493 e. The standard InChI is InChI=1S/C20H21NO3/c1-4-17-16-13-19(24-3)18(23-2)12-15(16)10-11-21(17)20(22)14-8-6-5-7-9-14/h4-9,12-13H,10-11H2,1-3H3. The number of allylic oxidation sites excluding steroid dienone is 1. The fourth-order valence-electron chi connectivity index (χ4n) is 3.12. The molecule has 0 spiro atoms. The van der Waals surface area contributed by atoms with E-state index in [1.807, 2.05) is 60.4 Å². The molecule has 0 unspecified atom stereocenters. The van der Waals surface area contributed by atoms with Crippen molar-refractivity contribution in [3.05, 3.63) is 65.2 Å². The maximum absolute atomic E-state index is 12.9. The summed E-state index contributed by atoms with van der Waals surface area (Å²) < 4.78 is 10.8. The van der Waals surface area contributed by atoms with Crippen molar-refractivity contribution in [2.24, 2.45) is 0 Å². The molecule has 0 radical (unpaired) electrons. The van der Waals surface area contributed by atoms with Crippen molar-refractivity contribution in [3.63, 3.8) is 0 Å². The molecule has 1 heterocycles. The number of hydrogen-bond acceptors (Lipinski definition) is 3.